The molecule has 0 spiro atoms. The Hall–Kier alpha value is -0.675. The molecule has 0 saturated heterocycles. The standard InChI is InChI=1S/C3H5BN2O3/c4-8-3-9-6-1-5-2-7/h6H,1,3H2. The van der Waals surface area contributed by atoms with Crippen LogP contribution in [0.4, 0.5) is 0 Å². The molecule has 9 heavy (non-hydrogen) atoms. The molecule has 0 fully saturated rings. The lowest BCUT2D eigenvalue weighted by atomic mass is 10.6. The molecule has 0 amide bonds. The summed E-state index contributed by atoms with van der Waals surface area (Å²) in [4.78, 5) is 16.9. The smallest absolute Gasteiger partial charge is 0.285 e. The molecule has 0 bridgehead atoms. The van der Waals surface area contributed by atoms with Crippen LogP contribution in [0.2, 0.25) is 0 Å². The average Bonchev–Trinajstić information content (AvgIpc) is 1.89. The van der Waals surface area contributed by atoms with Gasteiger partial charge in [0.25, 0.3) is 8.05 Å². The van der Waals surface area contributed by atoms with E-state index >= 15 is 0 Å². The molecular weight excluding hydrogens is 123 g/mol. The maximum absolute atomic E-state index is 9.39. The summed E-state index contributed by atoms with van der Waals surface area (Å²) >= 11 is 0. The summed E-state index contributed by atoms with van der Waals surface area (Å²) in [7, 11) is 4.57. The van der Waals surface area contributed by atoms with Crippen LogP contribution in [0.5, 0.6) is 0 Å². The van der Waals surface area contributed by atoms with Crippen molar-refractivity contribution < 1.29 is 14.3 Å². The van der Waals surface area contributed by atoms with Gasteiger partial charge in [-0.15, -0.1) is 0 Å². The molecule has 0 unspecified atom stereocenters. The van der Waals surface area contributed by atoms with E-state index in [1.165, 1.54) is 6.08 Å². The van der Waals surface area contributed by atoms with Crippen LogP contribution < -0.4 is 5.48 Å². The van der Waals surface area contributed by atoms with Crippen molar-refractivity contribution in [1.29, 1.82) is 0 Å². The van der Waals surface area contributed by atoms with Gasteiger partial charge in [0, 0.05) is 0 Å². The van der Waals surface area contributed by atoms with Gasteiger partial charge >= 0.3 is 0 Å². The third-order valence-corrected chi connectivity index (χ3v) is 0.437. The summed E-state index contributed by atoms with van der Waals surface area (Å²) in [6, 6.07) is 0. The Morgan fingerprint density at radius 3 is 3.11 bits per heavy atom. The van der Waals surface area contributed by atoms with Gasteiger partial charge in [-0.05, 0) is 0 Å². The number of isocyanates is 1. The zero-order chi connectivity index (χ0) is 6.95. The Kier molecular flexibility index (Phi) is 6.78. The van der Waals surface area contributed by atoms with E-state index in [4.69, 9.17) is 0 Å². The number of carbonyl (C=O) groups excluding carboxylic acids is 1. The molecule has 0 saturated carbocycles. The zero-order valence-corrected chi connectivity index (χ0v) is 4.66. The maximum Gasteiger partial charge on any atom is 0.285 e. The molecule has 6 heteroatoms. The summed E-state index contributed by atoms with van der Waals surface area (Å²) in [5.41, 5.74) is 2.25. The molecule has 0 aliphatic heterocycles. The second kappa shape index (κ2) is 7.32. The Morgan fingerprint density at radius 2 is 2.56 bits per heavy atom. The molecule has 0 heterocycles. The van der Waals surface area contributed by atoms with E-state index < -0.39 is 0 Å². The van der Waals surface area contributed by atoms with Crippen LogP contribution in [-0.4, -0.2) is 27.6 Å². The lowest BCUT2D eigenvalue weighted by Crippen LogP contribution is -2.15. The molecule has 0 aliphatic carbocycles. The van der Waals surface area contributed by atoms with Crippen molar-refractivity contribution in [3.8, 4) is 0 Å². The van der Waals surface area contributed by atoms with Crippen molar-refractivity contribution in [2.45, 2.75) is 0 Å². The molecule has 0 aliphatic rings. The molecule has 48 valence electrons. The quantitative estimate of drug-likeness (QED) is 0.127. The minimum atomic E-state index is -0.0889. The molecular formula is C3H5BN2O3. The number of nitrogens with zero attached hydrogens (tertiary/aromatic N) is 1. The number of hydrogen-bond acceptors (Lipinski definition) is 5. The number of aliphatic imine (C=N–C) groups is 1. The van der Waals surface area contributed by atoms with Crippen LogP contribution in [0.15, 0.2) is 4.99 Å². The SMILES string of the molecule is [B]OCONCN=C=O. The summed E-state index contributed by atoms with van der Waals surface area (Å²) in [6.07, 6.45) is 1.31. The van der Waals surface area contributed by atoms with Crippen molar-refractivity contribution in [3.63, 3.8) is 0 Å². The molecule has 0 aromatic heterocycles. The van der Waals surface area contributed by atoms with Gasteiger partial charge in [-0.25, -0.2) is 4.79 Å². The summed E-state index contributed by atoms with van der Waals surface area (Å²) in [5.74, 6) is 0. The molecule has 1 N–H and O–H groups in total. The van der Waals surface area contributed by atoms with E-state index in [1.807, 2.05) is 0 Å². The Labute approximate surface area is 53.4 Å². The van der Waals surface area contributed by atoms with E-state index in [0.29, 0.717) is 0 Å². The van der Waals surface area contributed by atoms with Crippen LogP contribution in [0.3, 0.4) is 0 Å². The average molecular weight is 128 g/mol. The third-order valence-electron chi connectivity index (χ3n) is 0.437. The summed E-state index contributed by atoms with van der Waals surface area (Å²) in [6.45, 7) is -0.0404. The Bertz CT molecular complexity index is 103. The molecule has 5 nitrogen and oxygen atoms in total. The zero-order valence-electron chi connectivity index (χ0n) is 4.66. The van der Waals surface area contributed by atoms with E-state index in [1.54, 1.807) is 0 Å². The number of nitrogens with one attached hydrogen (secondary N) is 1. The molecule has 0 atom stereocenters. The predicted octanol–water partition coefficient (Wildman–Crippen LogP) is -1.14. The van der Waals surface area contributed by atoms with Crippen molar-refractivity contribution in [1.82, 2.24) is 5.48 Å². The first-order chi connectivity index (χ1) is 4.41. The highest BCUT2D eigenvalue weighted by Crippen LogP contribution is 1.65. The largest absolute Gasteiger partial charge is 0.426 e. The highest BCUT2D eigenvalue weighted by molar-refractivity contribution is 5.97. The van der Waals surface area contributed by atoms with Crippen LogP contribution in [0, 0.1) is 0 Å². The first kappa shape index (κ1) is 8.32. The first-order valence-corrected chi connectivity index (χ1v) is 2.11. The highest BCUT2D eigenvalue weighted by Gasteiger charge is 1.78. The van der Waals surface area contributed by atoms with Crippen LogP contribution >= 0.6 is 0 Å². The van der Waals surface area contributed by atoms with Gasteiger partial charge in [0.1, 0.15) is 6.67 Å². The van der Waals surface area contributed by atoms with E-state index in [2.05, 4.69) is 28.0 Å². The van der Waals surface area contributed by atoms with Gasteiger partial charge < -0.3 is 4.65 Å². The normalized spacial score (nSPS) is 8.44. The number of hydroxylamine groups is 1. The predicted molar refractivity (Wildman–Crippen MR) is 28.9 cm³/mol. The molecule has 0 aromatic carbocycles. The monoisotopic (exact) mass is 128 g/mol. The fraction of sp³-hybridized carbons (Fsp3) is 0.667. The van der Waals surface area contributed by atoms with Gasteiger partial charge in [-0.3, -0.25) is 4.84 Å². The van der Waals surface area contributed by atoms with Gasteiger partial charge in [-0.1, -0.05) is 0 Å². The lowest BCUT2D eigenvalue weighted by Gasteiger charge is -1.98. The van der Waals surface area contributed by atoms with E-state index in [9.17, 15) is 4.79 Å². The van der Waals surface area contributed by atoms with Crippen LogP contribution in [0.25, 0.3) is 0 Å². The van der Waals surface area contributed by atoms with Crippen molar-refractivity contribution in [2.75, 3.05) is 13.5 Å². The molecule has 0 aromatic rings. The molecule has 0 rings (SSSR count). The lowest BCUT2D eigenvalue weighted by molar-refractivity contribution is -0.0427. The van der Waals surface area contributed by atoms with Crippen molar-refractivity contribution >= 4 is 14.1 Å². The van der Waals surface area contributed by atoms with Crippen molar-refractivity contribution in [2.24, 2.45) is 4.99 Å². The first-order valence-electron chi connectivity index (χ1n) is 2.11. The van der Waals surface area contributed by atoms with Gasteiger partial charge in [0.05, 0.1) is 0 Å². The van der Waals surface area contributed by atoms with Crippen LogP contribution in [-0.2, 0) is 14.3 Å². The summed E-state index contributed by atoms with van der Waals surface area (Å²) < 4.78 is 4.00. The Morgan fingerprint density at radius 1 is 1.78 bits per heavy atom. The third kappa shape index (κ3) is 7.32. The second-order valence-electron chi connectivity index (χ2n) is 0.981. The summed E-state index contributed by atoms with van der Waals surface area (Å²) in [5, 5.41) is 0. The topological polar surface area (TPSA) is 59.9 Å². The number of hydrogen-bond donors (Lipinski definition) is 1. The second-order valence-corrected chi connectivity index (χ2v) is 0.981. The fourth-order valence-electron chi connectivity index (χ4n) is 0.186. The van der Waals surface area contributed by atoms with Gasteiger partial charge in [0.2, 0.25) is 6.08 Å². The van der Waals surface area contributed by atoms with Crippen molar-refractivity contribution in [3.05, 3.63) is 0 Å². The fourth-order valence-corrected chi connectivity index (χ4v) is 0.186. The van der Waals surface area contributed by atoms with Gasteiger partial charge in [0.15, 0.2) is 6.79 Å². The minimum Gasteiger partial charge on any atom is -0.426 e. The minimum absolute atomic E-state index is 0.0485. The van der Waals surface area contributed by atoms with E-state index in [-0.39, 0.29) is 13.5 Å². The highest BCUT2D eigenvalue weighted by atomic mass is 16.7. The van der Waals surface area contributed by atoms with Gasteiger partial charge in [-0.2, -0.15) is 10.5 Å². The molecule has 2 radical (unpaired) electrons. The number of rotatable bonds is 5. The Balaban J connectivity index is 2.82. The van der Waals surface area contributed by atoms with E-state index in [0.717, 1.165) is 0 Å². The maximum atomic E-state index is 9.39. The van der Waals surface area contributed by atoms with Crippen LogP contribution in [0.1, 0.15) is 0 Å².